The van der Waals surface area contributed by atoms with Crippen molar-refractivity contribution in [1.29, 1.82) is 0 Å². The Hall–Kier alpha value is -0.170. The predicted octanol–water partition coefficient (Wildman–Crippen LogP) is 2.48. The molecule has 0 aliphatic heterocycles. The lowest BCUT2D eigenvalue weighted by molar-refractivity contribution is 0.0696. The van der Waals surface area contributed by atoms with E-state index in [1.807, 2.05) is 0 Å². The van der Waals surface area contributed by atoms with Gasteiger partial charge in [0.05, 0.1) is 11.3 Å². The van der Waals surface area contributed by atoms with Crippen LogP contribution in [0.2, 0.25) is 0 Å². The first-order chi connectivity index (χ1) is 5.65. The van der Waals surface area contributed by atoms with Gasteiger partial charge in [0, 0.05) is 15.1 Å². The molecule has 0 saturated carbocycles. The number of carboxylic acids is 1. The topological polar surface area (TPSA) is 50.2 Å². The van der Waals surface area contributed by atoms with Gasteiger partial charge in [-0.05, 0) is 22.0 Å². The minimum atomic E-state index is -0.955. The first-order valence-corrected chi connectivity index (χ1v) is 5.40. The predicted molar refractivity (Wildman–Crippen MR) is 56.6 cm³/mol. The largest absolute Gasteiger partial charge is 0.478 e. The van der Waals surface area contributed by atoms with E-state index in [0.29, 0.717) is 0 Å². The Labute approximate surface area is 91.5 Å². The maximum Gasteiger partial charge on any atom is 0.337 e. The number of hydrogen-bond donors (Lipinski definition) is 1. The van der Waals surface area contributed by atoms with Crippen LogP contribution in [0.1, 0.15) is 16.1 Å². The third kappa shape index (κ3) is 2.16. The molecule has 1 heterocycles. The number of nitrogens with zero attached hydrogens (tertiary/aromatic N) is 1. The highest BCUT2D eigenvalue weighted by Gasteiger charge is 2.06. The maximum atomic E-state index is 10.5. The number of hydrogen-bond acceptors (Lipinski definition) is 2. The van der Waals surface area contributed by atoms with Crippen molar-refractivity contribution in [3.8, 4) is 0 Å². The van der Waals surface area contributed by atoms with E-state index in [2.05, 4.69) is 43.5 Å². The highest BCUT2D eigenvalue weighted by Crippen LogP contribution is 2.18. The summed E-state index contributed by atoms with van der Waals surface area (Å²) in [5.74, 6) is -0.955. The third-order valence-corrected chi connectivity index (χ3v) is 2.70. The molecule has 0 saturated heterocycles. The number of pyridine rings is 1. The van der Waals surface area contributed by atoms with Gasteiger partial charge in [-0.2, -0.15) is 0 Å². The van der Waals surface area contributed by atoms with Crippen LogP contribution in [-0.2, 0) is 4.43 Å². The van der Waals surface area contributed by atoms with Gasteiger partial charge in [0.2, 0.25) is 0 Å². The van der Waals surface area contributed by atoms with E-state index in [4.69, 9.17) is 5.11 Å². The molecule has 0 radical (unpaired) electrons. The van der Waals surface area contributed by atoms with Crippen molar-refractivity contribution in [2.24, 2.45) is 0 Å². The van der Waals surface area contributed by atoms with Gasteiger partial charge in [0.25, 0.3) is 0 Å². The molecule has 1 rings (SSSR count). The SMILES string of the molecule is O=C(O)c1cnc(CI)c(Br)c1. The molecule has 0 bridgehead atoms. The second kappa shape index (κ2) is 4.18. The molecular weight excluding hydrogens is 337 g/mol. The number of alkyl halides is 1. The zero-order valence-corrected chi connectivity index (χ0v) is 9.66. The number of aromatic nitrogens is 1. The Balaban J connectivity index is 3.10. The molecule has 0 fully saturated rings. The third-order valence-electron chi connectivity index (χ3n) is 1.29. The van der Waals surface area contributed by atoms with Crippen molar-refractivity contribution in [2.45, 2.75) is 4.43 Å². The first-order valence-electron chi connectivity index (χ1n) is 3.09. The minimum Gasteiger partial charge on any atom is -0.478 e. The van der Waals surface area contributed by atoms with Crippen molar-refractivity contribution in [3.63, 3.8) is 0 Å². The minimum absolute atomic E-state index is 0.204. The van der Waals surface area contributed by atoms with E-state index in [-0.39, 0.29) is 5.56 Å². The van der Waals surface area contributed by atoms with Gasteiger partial charge < -0.3 is 5.11 Å². The first kappa shape index (κ1) is 9.91. The summed E-state index contributed by atoms with van der Waals surface area (Å²) in [5, 5.41) is 8.61. The molecule has 3 nitrogen and oxygen atoms in total. The van der Waals surface area contributed by atoms with E-state index in [9.17, 15) is 4.79 Å². The number of halogens is 2. The lowest BCUT2D eigenvalue weighted by Crippen LogP contribution is -1.98. The van der Waals surface area contributed by atoms with Gasteiger partial charge in [0.15, 0.2) is 0 Å². The summed E-state index contributed by atoms with van der Waals surface area (Å²) in [6.45, 7) is 0. The van der Waals surface area contributed by atoms with Crippen LogP contribution < -0.4 is 0 Å². The fourth-order valence-electron chi connectivity index (χ4n) is 0.682. The molecule has 0 spiro atoms. The summed E-state index contributed by atoms with van der Waals surface area (Å²) in [4.78, 5) is 14.5. The fourth-order valence-corrected chi connectivity index (χ4v) is 2.30. The summed E-state index contributed by atoms with van der Waals surface area (Å²) in [5.41, 5.74) is 1.07. The molecule has 1 N–H and O–H groups in total. The van der Waals surface area contributed by atoms with Gasteiger partial charge >= 0.3 is 5.97 Å². The van der Waals surface area contributed by atoms with Gasteiger partial charge in [-0.1, -0.05) is 22.6 Å². The van der Waals surface area contributed by atoms with Crippen LogP contribution in [0.4, 0.5) is 0 Å². The molecule has 1 aromatic rings. The molecule has 64 valence electrons. The van der Waals surface area contributed by atoms with Gasteiger partial charge in [-0.3, -0.25) is 4.98 Å². The van der Waals surface area contributed by atoms with E-state index >= 15 is 0 Å². The number of carbonyl (C=O) groups is 1. The number of carboxylic acid groups (broad SMARTS) is 1. The summed E-state index contributed by atoms with van der Waals surface area (Å²) < 4.78 is 1.51. The van der Waals surface area contributed by atoms with E-state index in [1.54, 1.807) is 6.07 Å². The van der Waals surface area contributed by atoms with Gasteiger partial charge in [0.1, 0.15) is 0 Å². The molecule has 0 aliphatic rings. The van der Waals surface area contributed by atoms with Crippen LogP contribution >= 0.6 is 38.5 Å². The summed E-state index contributed by atoms with van der Waals surface area (Å²) in [7, 11) is 0. The number of aromatic carboxylic acids is 1. The summed E-state index contributed by atoms with van der Waals surface area (Å²) in [6, 6.07) is 1.56. The van der Waals surface area contributed by atoms with Crippen LogP contribution in [0, 0.1) is 0 Å². The molecule has 12 heavy (non-hydrogen) atoms. The lowest BCUT2D eigenvalue weighted by Gasteiger charge is -1.99. The van der Waals surface area contributed by atoms with E-state index < -0.39 is 5.97 Å². The van der Waals surface area contributed by atoms with Crippen LogP contribution in [0.15, 0.2) is 16.7 Å². The average molecular weight is 342 g/mol. The molecule has 1 aromatic heterocycles. The van der Waals surface area contributed by atoms with E-state index in [1.165, 1.54) is 6.20 Å². The smallest absolute Gasteiger partial charge is 0.337 e. The quantitative estimate of drug-likeness (QED) is 0.664. The van der Waals surface area contributed by atoms with Crippen molar-refractivity contribution < 1.29 is 9.90 Å². The van der Waals surface area contributed by atoms with Crippen LogP contribution in [0.25, 0.3) is 0 Å². The van der Waals surface area contributed by atoms with Crippen LogP contribution in [0.5, 0.6) is 0 Å². The summed E-state index contributed by atoms with van der Waals surface area (Å²) in [6.07, 6.45) is 1.36. The molecule has 0 aliphatic carbocycles. The Morgan fingerprint density at radius 1 is 1.75 bits per heavy atom. The van der Waals surface area contributed by atoms with Crippen molar-refractivity contribution in [3.05, 3.63) is 28.0 Å². The van der Waals surface area contributed by atoms with Crippen molar-refractivity contribution in [1.82, 2.24) is 4.98 Å². The van der Waals surface area contributed by atoms with Crippen molar-refractivity contribution in [2.75, 3.05) is 0 Å². The highest BCUT2D eigenvalue weighted by atomic mass is 127. The molecular formula is C7H5BrINO2. The molecule has 0 amide bonds. The second-order valence-electron chi connectivity index (χ2n) is 2.09. The standard InChI is InChI=1S/C7H5BrINO2/c8-5-1-4(7(11)12)3-10-6(5)2-9/h1,3H,2H2,(H,11,12). The van der Waals surface area contributed by atoms with Gasteiger partial charge in [-0.25, -0.2) is 4.79 Å². The zero-order chi connectivity index (χ0) is 9.14. The van der Waals surface area contributed by atoms with Crippen LogP contribution in [-0.4, -0.2) is 16.1 Å². The monoisotopic (exact) mass is 341 g/mol. The Bertz CT molecular complexity index is 316. The second-order valence-corrected chi connectivity index (χ2v) is 3.71. The molecule has 5 heteroatoms. The van der Waals surface area contributed by atoms with E-state index in [0.717, 1.165) is 14.6 Å². The number of rotatable bonds is 2. The Morgan fingerprint density at radius 3 is 2.83 bits per heavy atom. The summed E-state index contributed by atoms with van der Waals surface area (Å²) >= 11 is 5.41. The van der Waals surface area contributed by atoms with Crippen molar-refractivity contribution >= 4 is 44.5 Å². The zero-order valence-electron chi connectivity index (χ0n) is 5.92. The van der Waals surface area contributed by atoms with Gasteiger partial charge in [-0.15, -0.1) is 0 Å². The molecule has 0 atom stereocenters. The lowest BCUT2D eigenvalue weighted by atomic mass is 10.2. The Kier molecular flexibility index (Phi) is 3.45. The highest BCUT2D eigenvalue weighted by molar-refractivity contribution is 14.1. The van der Waals surface area contributed by atoms with Crippen LogP contribution in [0.3, 0.4) is 0 Å². The Morgan fingerprint density at radius 2 is 2.42 bits per heavy atom. The fraction of sp³-hybridized carbons (Fsp3) is 0.143. The normalized spacial score (nSPS) is 9.83. The maximum absolute atomic E-state index is 10.5. The molecule has 0 aromatic carbocycles. The average Bonchev–Trinajstić information content (AvgIpc) is 2.04. The molecule has 0 unspecified atom stereocenters.